The number of hydrogen-bond acceptors (Lipinski definition) is 2. The predicted molar refractivity (Wildman–Crippen MR) is 75.7 cm³/mol. The second kappa shape index (κ2) is 4.62. The zero-order valence-corrected chi connectivity index (χ0v) is 10.8. The summed E-state index contributed by atoms with van der Waals surface area (Å²) in [7, 11) is 0. The summed E-state index contributed by atoms with van der Waals surface area (Å²) >= 11 is 6.03. The van der Waals surface area contributed by atoms with Crippen molar-refractivity contribution in [1.29, 1.82) is 0 Å². The highest BCUT2D eigenvalue weighted by molar-refractivity contribution is 6.30. The smallest absolute Gasteiger partial charge is 0.131 e. The molecule has 0 saturated heterocycles. The lowest BCUT2D eigenvalue weighted by Crippen LogP contribution is -2.10. The number of halogens is 1. The monoisotopic (exact) mass is 258 g/mol. The zero-order valence-electron chi connectivity index (χ0n) is 10.1. The summed E-state index contributed by atoms with van der Waals surface area (Å²) in [5.74, 6) is 1.21. The van der Waals surface area contributed by atoms with E-state index in [0.717, 1.165) is 5.56 Å². The molecule has 0 spiro atoms. The van der Waals surface area contributed by atoms with Crippen molar-refractivity contribution < 1.29 is 0 Å². The van der Waals surface area contributed by atoms with Gasteiger partial charge in [-0.15, -0.1) is 0 Å². The van der Waals surface area contributed by atoms with Crippen LogP contribution in [0.1, 0.15) is 30.7 Å². The molecule has 1 heterocycles. The number of hydrogen-bond donors (Lipinski definition) is 1. The van der Waals surface area contributed by atoms with Crippen molar-refractivity contribution in [3.8, 4) is 11.1 Å². The maximum Gasteiger partial charge on any atom is 0.131 e. The molecule has 1 aliphatic rings. The fourth-order valence-corrected chi connectivity index (χ4v) is 2.64. The molecule has 0 amide bonds. The third-order valence-corrected chi connectivity index (χ3v) is 3.89. The molecule has 3 heteroatoms. The highest BCUT2D eigenvalue weighted by atomic mass is 35.5. The standard InChI is InChI=1S/C15H15ClN2/c16-11-8-14(15(17)18-9-11)13-7-2-1-6-12(13)10-4-3-5-10/h1-2,6-10H,3-5H2,(H2,17,18). The minimum Gasteiger partial charge on any atom is -0.383 e. The first-order chi connectivity index (χ1) is 8.75. The number of aromatic nitrogens is 1. The van der Waals surface area contributed by atoms with Crippen molar-refractivity contribution in [3.05, 3.63) is 47.1 Å². The molecule has 1 aromatic heterocycles. The molecular formula is C15H15ClN2. The summed E-state index contributed by atoms with van der Waals surface area (Å²) in [6.45, 7) is 0. The van der Waals surface area contributed by atoms with Crippen LogP contribution in [0.2, 0.25) is 5.02 Å². The van der Waals surface area contributed by atoms with Gasteiger partial charge in [0.05, 0.1) is 5.02 Å². The van der Waals surface area contributed by atoms with Crippen molar-refractivity contribution in [3.63, 3.8) is 0 Å². The molecule has 1 saturated carbocycles. The van der Waals surface area contributed by atoms with Gasteiger partial charge in [0.25, 0.3) is 0 Å². The highest BCUT2D eigenvalue weighted by Gasteiger charge is 2.23. The lowest BCUT2D eigenvalue weighted by atomic mass is 9.77. The third-order valence-electron chi connectivity index (χ3n) is 3.68. The van der Waals surface area contributed by atoms with Crippen molar-refractivity contribution in [2.75, 3.05) is 5.73 Å². The van der Waals surface area contributed by atoms with Crippen LogP contribution < -0.4 is 5.73 Å². The van der Waals surface area contributed by atoms with E-state index in [4.69, 9.17) is 17.3 Å². The van der Waals surface area contributed by atoms with Gasteiger partial charge in [-0.1, -0.05) is 42.3 Å². The van der Waals surface area contributed by atoms with Gasteiger partial charge in [-0.2, -0.15) is 0 Å². The highest BCUT2D eigenvalue weighted by Crippen LogP contribution is 2.42. The average molecular weight is 259 g/mol. The van der Waals surface area contributed by atoms with Crippen molar-refractivity contribution in [1.82, 2.24) is 4.98 Å². The summed E-state index contributed by atoms with van der Waals surface area (Å²) < 4.78 is 0. The molecule has 1 fully saturated rings. The molecular weight excluding hydrogens is 244 g/mol. The lowest BCUT2D eigenvalue weighted by molar-refractivity contribution is 0.420. The molecule has 1 aliphatic carbocycles. The molecule has 18 heavy (non-hydrogen) atoms. The van der Waals surface area contributed by atoms with Gasteiger partial charge in [-0.05, 0) is 36.0 Å². The molecule has 2 nitrogen and oxygen atoms in total. The Labute approximate surface area is 112 Å². The van der Waals surface area contributed by atoms with Gasteiger partial charge in [0.2, 0.25) is 0 Å². The molecule has 0 bridgehead atoms. The Morgan fingerprint density at radius 3 is 2.67 bits per heavy atom. The summed E-state index contributed by atoms with van der Waals surface area (Å²) in [6.07, 6.45) is 5.45. The number of anilines is 1. The maximum atomic E-state index is 6.03. The average Bonchev–Trinajstić information content (AvgIpc) is 2.31. The second-order valence-electron chi connectivity index (χ2n) is 4.80. The van der Waals surface area contributed by atoms with Crippen LogP contribution in [0, 0.1) is 0 Å². The first-order valence-corrected chi connectivity index (χ1v) is 6.64. The Morgan fingerprint density at radius 2 is 1.94 bits per heavy atom. The first-order valence-electron chi connectivity index (χ1n) is 6.26. The van der Waals surface area contributed by atoms with E-state index in [0.29, 0.717) is 16.8 Å². The van der Waals surface area contributed by atoms with Gasteiger partial charge >= 0.3 is 0 Å². The molecule has 0 unspecified atom stereocenters. The van der Waals surface area contributed by atoms with Gasteiger partial charge in [0.15, 0.2) is 0 Å². The minimum atomic E-state index is 0.547. The summed E-state index contributed by atoms with van der Waals surface area (Å²) in [4.78, 5) is 4.15. The summed E-state index contributed by atoms with van der Waals surface area (Å²) in [6, 6.07) is 10.3. The zero-order chi connectivity index (χ0) is 12.5. The number of rotatable bonds is 2. The van der Waals surface area contributed by atoms with Gasteiger partial charge in [0.1, 0.15) is 5.82 Å². The molecule has 0 atom stereocenters. The van der Waals surface area contributed by atoms with E-state index < -0.39 is 0 Å². The van der Waals surface area contributed by atoms with Crippen LogP contribution in [0.4, 0.5) is 5.82 Å². The fourth-order valence-electron chi connectivity index (χ4n) is 2.48. The summed E-state index contributed by atoms with van der Waals surface area (Å²) in [5.41, 5.74) is 9.48. The summed E-state index contributed by atoms with van der Waals surface area (Å²) in [5, 5.41) is 0.627. The van der Waals surface area contributed by atoms with E-state index in [1.807, 2.05) is 12.1 Å². The lowest BCUT2D eigenvalue weighted by Gasteiger charge is -2.28. The quantitative estimate of drug-likeness (QED) is 0.875. The van der Waals surface area contributed by atoms with E-state index in [9.17, 15) is 0 Å². The number of nitrogen functional groups attached to an aromatic ring is 1. The van der Waals surface area contributed by atoms with Gasteiger partial charge in [-0.25, -0.2) is 4.98 Å². The molecule has 2 aromatic rings. The minimum absolute atomic E-state index is 0.547. The van der Waals surface area contributed by atoms with Crippen LogP contribution >= 0.6 is 11.6 Å². The number of pyridine rings is 1. The van der Waals surface area contributed by atoms with Gasteiger partial charge in [-0.3, -0.25) is 0 Å². The topological polar surface area (TPSA) is 38.9 Å². The van der Waals surface area contributed by atoms with E-state index in [2.05, 4.69) is 23.2 Å². The molecule has 1 aromatic carbocycles. The molecule has 92 valence electrons. The van der Waals surface area contributed by atoms with Gasteiger partial charge in [0, 0.05) is 11.8 Å². The van der Waals surface area contributed by atoms with Crippen LogP contribution in [-0.4, -0.2) is 4.98 Å². The van der Waals surface area contributed by atoms with Crippen LogP contribution in [0.3, 0.4) is 0 Å². The first kappa shape index (κ1) is 11.5. The number of nitrogens with zero attached hydrogens (tertiary/aromatic N) is 1. The Morgan fingerprint density at radius 1 is 1.17 bits per heavy atom. The van der Waals surface area contributed by atoms with Crippen molar-refractivity contribution >= 4 is 17.4 Å². The SMILES string of the molecule is Nc1ncc(Cl)cc1-c1ccccc1C1CCC1. The Kier molecular flexibility index (Phi) is 2.96. The number of nitrogens with two attached hydrogens (primary N) is 1. The molecule has 0 aliphatic heterocycles. The second-order valence-corrected chi connectivity index (χ2v) is 5.24. The van der Waals surface area contributed by atoms with Crippen molar-refractivity contribution in [2.45, 2.75) is 25.2 Å². The van der Waals surface area contributed by atoms with Crippen molar-refractivity contribution in [2.24, 2.45) is 0 Å². The fraction of sp³-hybridized carbons (Fsp3) is 0.267. The molecule has 3 rings (SSSR count). The van der Waals surface area contributed by atoms with E-state index in [1.54, 1.807) is 6.20 Å². The van der Waals surface area contributed by atoms with Gasteiger partial charge < -0.3 is 5.73 Å². The van der Waals surface area contributed by atoms with Crippen LogP contribution in [0.25, 0.3) is 11.1 Å². The van der Waals surface area contributed by atoms with Crippen LogP contribution in [0.15, 0.2) is 36.5 Å². The molecule has 2 N–H and O–H groups in total. The van der Waals surface area contributed by atoms with Crippen LogP contribution in [-0.2, 0) is 0 Å². The Hall–Kier alpha value is -1.54. The van der Waals surface area contributed by atoms with E-state index >= 15 is 0 Å². The van der Waals surface area contributed by atoms with E-state index in [1.165, 1.54) is 30.4 Å². The molecule has 0 radical (unpaired) electrons. The Bertz CT molecular complexity index is 576. The largest absolute Gasteiger partial charge is 0.383 e. The predicted octanol–water partition coefficient (Wildman–Crippen LogP) is 4.25. The number of benzene rings is 1. The van der Waals surface area contributed by atoms with E-state index in [-0.39, 0.29) is 0 Å². The normalized spacial score (nSPS) is 15.4. The Balaban J connectivity index is 2.13. The maximum absolute atomic E-state index is 6.03. The van der Waals surface area contributed by atoms with Crippen LogP contribution in [0.5, 0.6) is 0 Å². The third kappa shape index (κ3) is 1.97.